The summed E-state index contributed by atoms with van der Waals surface area (Å²) in [7, 11) is 0. The van der Waals surface area contributed by atoms with E-state index in [4.69, 9.17) is 16.0 Å². The molecule has 2 aliphatic rings. The van der Waals surface area contributed by atoms with Gasteiger partial charge in [0.05, 0.1) is 11.2 Å². The third-order valence-corrected chi connectivity index (χ3v) is 7.05. The smallest absolute Gasteiger partial charge is 0.223 e. The zero-order valence-electron chi connectivity index (χ0n) is 18.6. The van der Waals surface area contributed by atoms with Gasteiger partial charge < -0.3 is 14.2 Å². The van der Waals surface area contributed by atoms with Crippen molar-refractivity contribution in [2.24, 2.45) is 5.92 Å². The van der Waals surface area contributed by atoms with Gasteiger partial charge in [0.25, 0.3) is 0 Å². The highest BCUT2D eigenvalue weighted by Crippen LogP contribution is 2.29. The van der Waals surface area contributed by atoms with E-state index in [0.29, 0.717) is 62.1 Å². The molecule has 4 rings (SSSR count). The van der Waals surface area contributed by atoms with Crippen LogP contribution in [0.4, 0.5) is 0 Å². The number of carbonyl (C=O) groups is 2. The van der Waals surface area contributed by atoms with Gasteiger partial charge >= 0.3 is 0 Å². The number of piperazine rings is 1. The van der Waals surface area contributed by atoms with Crippen LogP contribution in [-0.2, 0) is 16.0 Å². The Morgan fingerprint density at radius 3 is 2.31 bits per heavy atom. The average molecular weight is 458 g/mol. The molecule has 1 aromatic heterocycles. The number of aryl methyl sites for hydroxylation is 1. The second-order valence-corrected chi connectivity index (χ2v) is 9.31. The number of carbonyl (C=O) groups excluding carboxylic acids is 2. The van der Waals surface area contributed by atoms with E-state index in [0.717, 1.165) is 17.9 Å². The molecule has 172 valence electrons. The largest absolute Gasteiger partial charge is 0.441 e. The number of halogens is 1. The summed E-state index contributed by atoms with van der Waals surface area (Å²) in [6, 6.07) is 7.45. The molecule has 6 nitrogen and oxygen atoms in total. The molecule has 1 saturated heterocycles. The number of amides is 2. The maximum Gasteiger partial charge on any atom is 0.223 e. The summed E-state index contributed by atoms with van der Waals surface area (Å²) in [6.07, 6.45) is 10.6. The van der Waals surface area contributed by atoms with Gasteiger partial charge in [0.2, 0.25) is 11.8 Å². The fraction of sp³-hybridized carbons (Fsp3) is 0.560. The zero-order valence-corrected chi connectivity index (χ0v) is 19.4. The van der Waals surface area contributed by atoms with Gasteiger partial charge in [-0.2, -0.15) is 0 Å². The molecule has 0 atom stereocenters. The first kappa shape index (κ1) is 22.8. The van der Waals surface area contributed by atoms with Gasteiger partial charge in [0.15, 0.2) is 11.7 Å². The van der Waals surface area contributed by atoms with E-state index in [2.05, 4.69) is 4.98 Å². The van der Waals surface area contributed by atoms with Crippen LogP contribution in [0.25, 0.3) is 11.3 Å². The number of nitrogens with zero attached hydrogens (tertiary/aromatic N) is 3. The van der Waals surface area contributed by atoms with Crippen molar-refractivity contribution in [1.82, 2.24) is 14.8 Å². The van der Waals surface area contributed by atoms with Crippen LogP contribution in [0.1, 0.15) is 57.3 Å². The molecule has 2 amide bonds. The number of hydrogen-bond donors (Lipinski definition) is 0. The van der Waals surface area contributed by atoms with E-state index in [1.54, 1.807) is 6.20 Å². The second-order valence-electron chi connectivity index (χ2n) is 8.90. The summed E-state index contributed by atoms with van der Waals surface area (Å²) in [4.78, 5) is 33.3. The first-order valence-corrected chi connectivity index (χ1v) is 12.2. The fourth-order valence-electron chi connectivity index (χ4n) is 4.75. The Labute approximate surface area is 194 Å². The number of aromatic nitrogens is 1. The standard InChI is InChI=1S/C25H32ClN3O3/c26-21-9-5-4-8-20(21)22-18-27-23(32-22)11-13-25(31)29-16-14-28(15-17-29)24(30)12-10-19-6-2-1-3-7-19/h4-5,8-9,18-19H,1-3,6-7,10-17H2. The molecular weight excluding hydrogens is 426 g/mol. The predicted octanol–water partition coefficient (Wildman–Crippen LogP) is 4.96. The second kappa shape index (κ2) is 11.0. The SMILES string of the molecule is O=C(CCc1ncc(-c2ccccc2Cl)o1)N1CCN(C(=O)CCC2CCCCC2)CC1. The van der Waals surface area contributed by atoms with Crippen LogP contribution in [0, 0.1) is 5.92 Å². The minimum atomic E-state index is 0.0804. The Hall–Kier alpha value is -2.34. The van der Waals surface area contributed by atoms with Crippen molar-refractivity contribution in [3.05, 3.63) is 41.4 Å². The van der Waals surface area contributed by atoms with E-state index in [-0.39, 0.29) is 11.8 Å². The highest BCUT2D eigenvalue weighted by molar-refractivity contribution is 6.33. The summed E-state index contributed by atoms with van der Waals surface area (Å²) in [5, 5.41) is 0.609. The molecule has 1 aliphatic carbocycles. The first-order chi connectivity index (χ1) is 15.6. The van der Waals surface area contributed by atoms with Gasteiger partial charge in [-0.25, -0.2) is 4.98 Å². The molecule has 0 radical (unpaired) electrons. The number of benzene rings is 1. The van der Waals surface area contributed by atoms with Crippen LogP contribution in [0.3, 0.4) is 0 Å². The third-order valence-electron chi connectivity index (χ3n) is 6.72. The van der Waals surface area contributed by atoms with E-state index in [9.17, 15) is 9.59 Å². The molecule has 1 saturated carbocycles. The molecule has 0 spiro atoms. The predicted molar refractivity (Wildman–Crippen MR) is 124 cm³/mol. The van der Waals surface area contributed by atoms with Crippen molar-refractivity contribution in [3.63, 3.8) is 0 Å². The van der Waals surface area contributed by atoms with Gasteiger partial charge in [-0.05, 0) is 24.5 Å². The van der Waals surface area contributed by atoms with E-state index >= 15 is 0 Å². The lowest BCUT2D eigenvalue weighted by Crippen LogP contribution is -2.50. The van der Waals surface area contributed by atoms with Gasteiger partial charge in [-0.1, -0.05) is 55.8 Å². The lowest BCUT2D eigenvalue weighted by atomic mass is 9.86. The van der Waals surface area contributed by atoms with Crippen LogP contribution in [0.2, 0.25) is 5.02 Å². The fourth-order valence-corrected chi connectivity index (χ4v) is 4.98. The van der Waals surface area contributed by atoms with E-state index < -0.39 is 0 Å². The van der Waals surface area contributed by atoms with Gasteiger partial charge in [0, 0.05) is 51.0 Å². The van der Waals surface area contributed by atoms with Crippen molar-refractivity contribution >= 4 is 23.4 Å². The molecule has 2 fully saturated rings. The first-order valence-electron chi connectivity index (χ1n) is 11.9. The highest BCUT2D eigenvalue weighted by atomic mass is 35.5. The minimum Gasteiger partial charge on any atom is -0.441 e. The Morgan fingerprint density at radius 2 is 1.62 bits per heavy atom. The quantitative estimate of drug-likeness (QED) is 0.589. The normalized spacial score (nSPS) is 17.5. The molecule has 2 aromatic rings. The summed E-state index contributed by atoms with van der Waals surface area (Å²) in [5.74, 6) is 2.19. The molecular formula is C25H32ClN3O3. The molecule has 7 heteroatoms. The Bertz CT molecular complexity index is 915. The average Bonchev–Trinajstić information content (AvgIpc) is 3.31. The van der Waals surface area contributed by atoms with Crippen LogP contribution < -0.4 is 0 Å². The van der Waals surface area contributed by atoms with Crippen molar-refractivity contribution in [3.8, 4) is 11.3 Å². The molecule has 1 aromatic carbocycles. The van der Waals surface area contributed by atoms with E-state index in [1.165, 1.54) is 32.1 Å². The Kier molecular flexibility index (Phi) is 7.85. The van der Waals surface area contributed by atoms with Crippen molar-refractivity contribution in [1.29, 1.82) is 0 Å². The van der Waals surface area contributed by atoms with E-state index in [1.807, 2.05) is 34.1 Å². The van der Waals surface area contributed by atoms with Crippen LogP contribution in [0.5, 0.6) is 0 Å². The molecule has 32 heavy (non-hydrogen) atoms. The lowest BCUT2D eigenvalue weighted by molar-refractivity contribution is -0.139. The Morgan fingerprint density at radius 1 is 0.969 bits per heavy atom. The summed E-state index contributed by atoms with van der Waals surface area (Å²) >= 11 is 6.21. The molecule has 0 bridgehead atoms. The zero-order chi connectivity index (χ0) is 22.3. The maximum atomic E-state index is 12.6. The van der Waals surface area contributed by atoms with Gasteiger partial charge in [-0.15, -0.1) is 0 Å². The minimum absolute atomic E-state index is 0.0804. The van der Waals surface area contributed by atoms with Crippen LogP contribution in [-0.4, -0.2) is 52.8 Å². The van der Waals surface area contributed by atoms with Crippen LogP contribution >= 0.6 is 11.6 Å². The number of rotatable bonds is 7. The Balaban J connectivity index is 1.19. The number of oxazole rings is 1. The highest BCUT2D eigenvalue weighted by Gasteiger charge is 2.25. The summed E-state index contributed by atoms with van der Waals surface area (Å²) in [6.45, 7) is 2.46. The molecule has 0 N–H and O–H groups in total. The van der Waals surface area contributed by atoms with Crippen molar-refractivity contribution < 1.29 is 14.0 Å². The molecule has 0 unspecified atom stereocenters. The number of hydrogen-bond acceptors (Lipinski definition) is 4. The topological polar surface area (TPSA) is 66.7 Å². The maximum absolute atomic E-state index is 12.6. The summed E-state index contributed by atoms with van der Waals surface area (Å²) < 4.78 is 5.79. The molecule has 1 aliphatic heterocycles. The molecule has 2 heterocycles. The van der Waals surface area contributed by atoms with Crippen molar-refractivity contribution in [2.75, 3.05) is 26.2 Å². The van der Waals surface area contributed by atoms with Gasteiger partial charge in [0.1, 0.15) is 0 Å². The van der Waals surface area contributed by atoms with Crippen LogP contribution in [0.15, 0.2) is 34.9 Å². The lowest BCUT2D eigenvalue weighted by Gasteiger charge is -2.35. The van der Waals surface area contributed by atoms with Crippen molar-refractivity contribution in [2.45, 2.75) is 57.8 Å². The summed E-state index contributed by atoms with van der Waals surface area (Å²) in [5.41, 5.74) is 0.795. The van der Waals surface area contributed by atoms with Gasteiger partial charge in [-0.3, -0.25) is 9.59 Å². The third kappa shape index (κ3) is 5.91. The monoisotopic (exact) mass is 457 g/mol.